The smallest absolute Gasteiger partial charge is 0.252 e. The molecule has 2 fully saturated rings. The van der Waals surface area contributed by atoms with Crippen LogP contribution in [0, 0.1) is 6.92 Å². The lowest BCUT2D eigenvalue weighted by molar-refractivity contribution is -0.0211. The Morgan fingerprint density at radius 1 is 1.32 bits per heavy atom. The summed E-state index contributed by atoms with van der Waals surface area (Å²) in [6.07, 6.45) is 6.85. The SMILES string of the molecule is CCn1ncc(CN2CCCC(OCc3nc(C4CC4)no3)C2)c1C. The summed E-state index contributed by atoms with van der Waals surface area (Å²) < 4.78 is 13.4. The molecule has 1 aliphatic heterocycles. The molecule has 4 rings (SSSR count). The minimum atomic E-state index is 0.228. The number of hydrogen-bond donors (Lipinski definition) is 0. The van der Waals surface area contributed by atoms with Crippen molar-refractivity contribution in [2.75, 3.05) is 13.1 Å². The molecule has 136 valence electrons. The van der Waals surface area contributed by atoms with Crippen molar-refractivity contribution in [1.82, 2.24) is 24.8 Å². The number of likely N-dealkylation sites (tertiary alicyclic amines) is 1. The number of aryl methyl sites for hydroxylation is 1. The van der Waals surface area contributed by atoms with E-state index in [-0.39, 0.29) is 6.10 Å². The van der Waals surface area contributed by atoms with Crippen molar-refractivity contribution < 1.29 is 9.26 Å². The van der Waals surface area contributed by atoms with Crippen LogP contribution in [0.4, 0.5) is 0 Å². The third-order valence-corrected chi connectivity index (χ3v) is 5.23. The molecule has 2 aromatic rings. The van der Waals surface area contributed by atoms with Crippen molar-refractivity contribution in [2.24, 2.45) is 0 Å². The van der Waals surface area contributed by atoms with Crippen LogP contribution >= 0.6 is 0 Å². The molecule has 1 saturated carbocycles. The van der Waals surface area contributed by atoms with E-state index in [1.807, 2.05) is 6.20 Å². The molecule has 2 aromatic heterocycles. The molecule has 25 heavy (non-hydrogen) atoms. The van der Waals surface area contributed by atoms with Gasteiger partial charge in [-0.1, -0.05) is 5.16 Å². The first-order chi connectivity index (χ1) is 12.2. The zero-order valence-corrected chi connectivity index (χ0v) is 15.1. The van der Waals surface area contributed by atoms with E-state index in [0.717, 1.165) is 44.8 Å². The van der Waals surface area contributed by atoms with E-state index in [4.69, 9.17) is 9.26 Å². The van der Waals surface area contributed by atoms with Crippen LogP contribution in [0.3, 0.4) is 0 Å². The molecule has 0 spiro atoms. The Morgan fingerprint density at radius 3 is 2.96 bits per heavy atom. The standard InChI is InChI=1S/C18H27N5O2/c1-3-23-13(2)15(9-19-23)10-22-8-4-5-16(11-22)24-12-17-20-18(21-25-17)14-6-7-14/h9,14,16H,3-8,10-12H2,1-2H3. The molecule has 0 N–H and O–H groups in total. The van der Waals surface area contributed by atoms with Crippen LogP contribution in [-0.4, -0.2) is 44.0 Å². The highest BCUT2D eigenvalue weighted by Gasteiger charge is 2.29. The fourth-order valence-electron chi connectivity index (χ4n) is 3.52. The maximum Gasteiger partial charge on any atom is 0.252 e. The van der Waals surface area contributed by atoms with Crippen LogP contribution in [0.2, 0.25) is 0 Å². The third-order valence-electron chi connectivity index (χ3n) is 5.23. The van der Waals surface area contributed by atoms with Gasteiger partial charge in [0.1, 0.15) is 6.61 Å². The molecule has 0 amide bonds. The molecular weight excluding hydrogens is 318 g/mol. The summed E-state index contributed by atoms with van der Waals surface area (Å²) in [5.41, 5.74) is 2.58. The van der Waals surface area contributed by atoms with E-state index in [0.29, 0.717) is 18.4 Å². The van der Waals surface area contributed by atoms with E-state index in [1.54, 1.807) is 0 Å². The molecule has 3 heterocycles. The molecular formula is C18H27N5O2. The number of hydrogen-bond acceptors (Lipinski definition) is 6. The van der Waals surface area contributed by atoms with Gasteiger partial charge < -0.3 is 9.26 Å². The van der Waals surface area contributed by atoms with Crippen molar-refractivity contribution in [3.63, 3.8) is 0 Å². The topological polar surface area (TPSA) is 69.2 Å². The molecule has 0 radical (unpaired) electrons. The number of piperidine rings is 1. The number of rotatable bonds is 7. The number of ether oxygens (including phenoxy) is 1. The molecule has 0 aromatic carbocycles. The van der Waals surface area contributed by atoms with Gasteiger partial charge in [-0.2, -0.15) is 10.1 Å². The van der Waals surface area contributed by atoms with Crippen LogP contribution in [0.25, 0.3) is 0 Å². The molecule has 0 bridgehead atoms. The van der Waals surface area contributed by atoms with E-state index < -0.39 is 0 Å². The van der Waals surface area contributed by atoms with Gasteiger partial charge in [-0.05, 0) is 46.1 Å². The van der Waals surface area contributed by atoms with Crippen molar-refractivity contribution in [3.05, 3.63) is 29.2 Å². The fraction of sp³-hybridized carbons (Fsp3) is 0.722. The van der Waals surface area contributed by atoms with Gasteiger partial charge in [0.2, 0.25) is 0 Å². The maximum absolute atomic E-state index is 6.05. The Labute approximate surface area is 148 Å². The van der Waals surface area contributed by atoms with Gasteiger partial charge in [0.15, 0.2) is 5.82 Å². The highest BCUT2D eigenvalue weighted by molar-refractivity contribution is 5.16. The van der Waals surface area contributed by atoms with Crippen LogP contribution in [0.15, 0.2) is 10.7 Å². The summed E-state index contributed by atoms with van der Waals surface area (Å²) in [4.78, 5) is 6.90. The summed E-state index contributed by atoms with van der Waals surface area (Å²) in [7, 11) is 0. The average molecular weight is 345 g/mol. The van der Waals surface area contributed by atoms with Gasteiger partial charge >= 0.3 is 0 Å². The van der Waals surface area contributed by atoms with Crippen LogP contribution in [0.1, 0.15) is 61.5 Å². The third kappa shape index (κ3) is 3.93. The zero-order valence-electron chi connectivity index (χ0n) is 15.1. The monoisotopic (exact) mass is 345 g/mol. The molecule has 1 unspecified atom stereocenters. The Balaban J connectivity index is 1.28. The average Bonchev–Trinajstić information content (AvgIpc) is 3.27. The maximum atomic E-state index is 6.05. The lowest BCUT2D eigenvalue weighted by Crippen LogP contribution is -2.39. The first kappa shape index (κ1) is 16.7. The minimum Gasteiger partial charge on any atom is -0.367 e. The summed E-state index contributed by atoms with van der Waals surface area (Å²) in [6.45, 7) is 8.62. The van der Waals surface area contributed by atoms with Gasteiger partial charge in [0.25, 0.3) is 5.89 Å². The Kier molecular flexibility index (Phi) is 4.85. The fourth-order valence-corrected chi connectivity index (χ4v) is 3.52. The first-order valence-corrected chi connectivity index (χ1v) is 9.40. The van der Waals surface area contributed by atoms with Gasteiger partial charge in [-0.15, -0.1) is 0 Å². The quantitative estimate of drug-likeness (QED) is 0.768. The summed E-state index contributed by atoms with van der Waals surface area (Å²) in [5, 5.41) is 8.49. The lowest BCUT2D eigenvalue weighted by Gasteiger charge is -2.32. The second-order valence-corrected chi connectivity index (χ2v) is 7.20. The lowest BCUT2D eigenvalue weighted by atomic mass is 10.1. The molecule has 7 nitrogen and oxygen atoms in total. The Hall–Kier alpha value is -1.73. The van der Waals surface area contributed by atoms with Gasteiger partial charge in [0, 0.05) is 36.8 Å². The van der Waals surface area contributed by atoms with Crippen molar-refractivity contribution in [2.45, 2.75) is 71.2 Å². The van der Waals surface area contributed by atoms with Gasteiger partial charge in [-0.3, -0.25) is 9.58 Å². The van der Waals surface area contributed by atoms with E-state index in [1.165, 1.54) is 24.1 Å². The predicted octanol–water partition coefficient (Wildman–Crippen LogP) is 2.65. The van der Waals surface area contributed by atoms with Crippen molar-refractivity contribution >= 4 is 0 Å². The van der Waals surface area contributed by atoms with Crippen molar-refractivity contribution in [1.29, 1.82) is 0 Å². The van der Waals surface area contributed by atoms with Gasteiger partial charge in [0.05, 0.1) is 12.3 Å². The second-order valence-electron chi connectivity index (χ2n) is 7.20. The number of aromatic nitrogens is 4. The Morgan fingerprint density at radius 2 is 2.20 bits per heavy atom. The summed E-state index contributed by atoms with van der Waals surface area (Å²) in [5.74, 6) is 1.99. The van der Waals surface area contributed by atoms with Crippen molar-refractivity contribution in [3.8, 4) is 0 Å². The predicted molar refractivity (Wildman–Crippen MR) is 92.0 cm³/mol. The number of nitrogens with zero attached hydrogens (tertiary/aromatic N) is 5. The van der Waals surface area contributed by atoms with Crippen LogP contribution < -0.4 is 0 Å². The zero-order chi connectivity index (χ0) is 17.2. The summed E-state index contributed by atoms with van der Waals surface area (Å²) >= 11 is 0. The highest BCUT2D eigenvalue weighted by atomic mass is 16.5. The molecule has 2 aliphatic rings. The normalized spacial score (nSPS) is 21.8. The summed E-state index contributed by atoms with van der Waals surface area (Å²) in [6, 6.07) is 0. The van der Waals surface area contributed by atoms with Crippen LogP contribution in [-0.2, 0) is 24.4 Å². The minimum absolute atomic E-state index is 0.228. The van der Waals surface area contributed by atoms with E-state index in [2.05, 4.69) is 38.7 Å². The van der Waals surface area contributed by atoms with Gasteiger partial charge in [-0.25, -0.2) is 0 Å². The molecule has 1 atom stereocenters. The van der Waals surface area contributed by atoms with Crippen LogP contribution in [0.5, 0.6) is 0 Å². The highest BCUT2D eigenvalue weighted by Crippen LogP contribution is 2.38. The molecule has 1 saturated heterocycles. The molecule has 1 aliphatic carbocycles. The largest absolute Gasteiger partial charge is 0.367 e. The second kappa shape index (κ2) is 7.25. The molecule has 7 heteroatoms. The van der Waals surface area contributed by atoms with E-state index >= 15 is 0 Å². The Bertz CT molecular complexity index is 706. The van der Waals surface area contributed by atoms with E-state index in [9.17, 15) is 0 Å². The first-order valence-electron chi connectivity index (χ1n) is 9.40.